The number of furan rings is 1. The molecular formula is C25H28N6O4S. The number of benzene rings is 1. The lowest BCUT2D eigenvalue weighted by molar-refractivity contribution is -0.127. The van der Waals surface area contributed by atoms with Crippen LogP contribution in [0.25, 0.3) is 10.9 Å². The Morgan fingerprint density at radius 2 is 1.97 bits per heavy atom. The Labute approximate surface area is 211 Å². The topological polar surface area (TPSA) is 160 Å². The summed E-state index contributed by atoms with van der Waals surface area (Å²) >= 11 is 0.764. The number of amides is 3. The smallest absolute Gasteiger partial charge is 0.270 e. The van der Waals surface area contributed by atoms with E-state index in [-0.39, 0.29) is 28.7 Å². The van der Waals surface area contributed by atoms with Crippen molar-refractivity contribution in [1.82, 2.24) is 19.6 Å². The van der Waals surface area contributed by atoms with E-state index in [2.05, 4.69) is 14.7 Å². The summed E-state index contributed by atoms with van der Waals surface area (Å²) in [5, 5.41) is 3.86. The Hall–Kier alpha value is -4.12. The Balaban J connectivity index is 1.88. The van der Waals surface area contributed by atoms with Crippen molar-refractivity contribution in [3.8, 4) is 0 Å². The number of nitrogens with two attached hydrogens (primary N) is 2. The Morgan fingerprint density at radius 3 is 2.61 bits per heavy atom. The van der Waals surface area contributed by atoms with Gasteiger partial charge in [-0.15, -0.1) is 0 Å². The molecule has 188 valence electrons. The number of rotatable bonds is 9. The third kappa shape index (κ3) is 4.82. The normalized spacial score (nSPS) is 12.4. The molecule has 11 heteroatoms. The Bertz CT molecular complexity index is 1410. The minimum atomic E-state index is -1.05. The fourth-order valence-electron chi connectivity index (χ4n) is 3.87. The second-order valence-corrected chi connectivity index (χ2v) is 9.84. The van der Waals surface area contributed by atoms with E-state index < -0.39 is 23.4 Å². The first kappa shape index (κ1) is 25.0. The molecule has 3 heterocycles. The number of nitrogens with zero attached hydrogens (tertiary/aromatic N) is 2. The fourth-order valence-corrected chi connectivity index (χ4v) is 4.63. The molecule has 0 fully saturated rings. The highest BCUT2D eigenvalue weighted by molar-refractivity contribution is 7.09. The van der Waals surface area contributed by atoms with Crippen LogP contribution in [-0.2, 0) is 11.3 Å². The molecule has 3 amide bonds. The highest BCUT2D eigenvalue weighted by Crippen LogP contribution is 2.34. The van der Waals surface area contributed by atoms with E-state index in [0.717, 1.165) is 22.4 Å². The van der Waals surface area contributed by atoms with Gasteiger partial charge in [-0.3, -0.25) is 14.4 Å². The molecule has 0 unspecified atom stereocenters. The van der Waals surface area contributed by atoms with Crippen LogP contribution in [0.5, 0.6) is 0 Å². The van der Waals surface area contributed by atoms with Crippen molar-refractivity contribution >= 4 is 45.8 Å². The molecule has 0 spiro atoms. The number of H-pyrrole nitrogens is 1. The molecule has 0 aliphatic carbocycles. The summed E-state index contributed by atoms with van der Waals surface area (Å²) in [6.07, 6.45) is 3.89. The first-order valence-corrected chi connectivity index (χ1v) is 12.2. The van der Waals surface area contributed by atoms with Crippen molar-refractivity contribution in [2.24, 2.45) is 5.73 Å². The number of anilines is 1. The molecule has 0 radical (unpaired) electrons. The van der Waals surface area contributed by atoms with Gasteiger partial charge in [-0.25, -0.2) is 0 Å². The van der Waals surface area contributed by atoms with E-state index in [0.29, 0.717) is 17.7 Å². The second kappa shape index (κ2) is 9.86. The number of aromatic nitrogens is 2. The maximum atomic E-state index is 14.0. The summed E-state index contributed by atoms with van der Waals surface area (Å²) in [4.78, 5) is 44.2. The van der Waals surface area contributed by atoms with Gasteiger partial charge < -0.3 is 31.1 Å². The minimum Gasteiger partial charge on any atom is -0.467 e. The summed E-state index contributed by atoms with van der Waals surface area (Å²) in [7, 11) is 0. The van der Waals surface area contributed by atoms with Gasteiger partial charge in [-0.05, 0) is 50.0 Å². The first-order valence-electron chi connectivity index (χ1n) is 11.4. The maximum Gasteiger partial charge on any atom is 0.270 e. The number of para-hydroxylation sites is 1. The largest absolute Gasteiger partial charge is 0.467 e. The Morgan fingerprint density at radius 1 is 1.22 bits per heavy atom. The average molecular weight is 509 g/mol. The lowest BCUT2D eigenvalue weighted by Crippen LogP contribution is -2.50. The van der Waals surface area contributed by atoms with E-state index in [1.165, 1.54) is 11.2 Å². The van der Waals surface area contributed by atoms with Crippen molar-refractivity contribution in [2.45, 2.75) is 45.3 Å². The van der Waals surface area contributed by atoms with Crippen LogP contribution in [0.1, 0.15) is 64.7 Å². The number of hydrogen-bond acceptors (Lipinski definition) is 7. The predicted octanol–water partition coefficient (Wildman–Crippen LogP) is 3.59. The third-order valence-electron chi connectivity index (χ3n) is 6.14. The number of nitrogens with one attached hydrogen (secondary N) is 2. The van der Waals surface area contributed by atoms with Crippen molar-refractivity contribution in [3.63, 3.8) is 0 Å². The molecule has 3 aromatic heterocycles. The molecule has 0 aliphatic heterocycles. The van der Waals surface area contributed by atoms with Crippen LogP contribution < -0.4 is 16.8 Å². The van der Waals surface area contributed by atoms with E-state index >= 15 is 0 Å². The van der Waals surface area contributed by atoms with Crippen molar-refractivity contribution in [3.05, 3.63) is 70.8 Å². The van der Waals surface area contributed by atoms with E-state index in [4.69, 9.17) is 15.9 Å². The highest BCUT2D eigenvalue weighted by atomic mass is 32.1. The first-order chi connectivity index (χ1) is 17.1. The van der Waals surface area contributed by atoms with Crippen LogP contribution in [0.2, 0.25) is 0 Å². The van der Waals surface area contributed by atoms with Gasteiger partial charge in [0.15, 0.2) is 5.69 Å². The van der Waals surface area contributed by atoms with Gasteiger partial charge in [0, 0.05) is 28.2 Å². The summed E-state index contributed by atoms with van der Waals surface area (Å²) in [5.41, 5.74) is 12.1. The van der Waals surface area contributed by atoms with Crippen LogP contribution in [0, 0.1) is 0 Å². The van der Waals surface area contributed by atoms with Crippen molar-refractivity contribution in [2.75, 3.05) is 5.73 Å². The zero-order valence-electron chi connectivity index (χ0n) is 20.2. The molecule has 0 aliphatic rings. The van der Waals surface area contributed by atoms with E-state index in [1.54, 1.807) is 18.3 Å². The maximum absolute atomic E-state index is 14.0. The second-order valence-electron chi connectivity index (χ2n) is 9.07. The number of nitrogen functional groups attached to an aromatic ring is 1. The number of fused-ring (bicyclic) bond motifs is 1. The minimum absolute atomic E-state index is 0.0164. The van der Waals surface area contributed by atoms with Crippen LogP contribution in [0.4, 0.5) is 5.69 Å². The van der Waals surface area contributed by atoms with Gasteiger partial charge in [0.1, 0.15) is 16.7 Å². The lowest BCUT2D eigenvalue weighted by Gasteiger charge is -2.33. The number of primary amides is 1. The van der Waals surface area contributed by atoms with Crippen molar-refractivity contribution in [1.29, 1.82) is 0 Å². The molecular weight excluding hydrogens is 480 g/mol. The molecule has 10 nitrogen and oxygen atoms in total. The number of carbonyl (C=O) groups is 3. The zero-order chi connectivity index (χ0) is 26.0. The lowest BCUT2D eigenvalue weighted by atomic mass is 9.98. The number of aromatic amines is 1. The average Bonchev–Trinajstić information content (AvgIpc) is 3.58. The summed E-state index contributed by atoms with van der Waals surface area (Å²) in [5.74, 6) is -1.32. The SMILES string of the molecule is CCC(C)(C)NC(=O)[C@H](c1c[nH]c2ccccc12)N(Cc1ccco1)C(=O)c1snc(C(N)=O)c1N. The fraction of sp³-hybridized carbons (Fsp3) is 0.280. The standard InChI is InChI=1S/C25H28N6O4S/c1-4-25(2,3)29-23(33)20(16-12-28-17-10-6-5-9-15(16)17)31(13-14-8-7-11-35-14)24(34)21-18(26)19(22(27)32)30-36-21/h5-12,20,28H,4,13,26H2,1-3H3,(H2,27,32)(H,29,33)/t20-/m0/s1. The number of hydrogen-bond donors (Lipinski definition) is 4. The van der Waals surface area contributed by atoms with Gasteiger partial charge in [0.2, 0.25) is 5.91 Å². The van der Waals surface area contributed by atoms with E-state index in [9.17, 15) is 14.4 Å². The molecule has 0 saturated heterocycles. The third-order valence-corrected chi connectivity index (χ3v) is 7.00. The van der Waals surface area contributed by atoms with Gasteiger partial charge in [0.25, 0.3) is 11.8 Å². The number of carbonyl (C=O) groups excluding carboxylic acids is 3. The highest BCUT2D eigenvalue weighted by Gasteiger charge is 2.38. The van der Waals surface area contributed by atoms with Crippen molar-refractivity contribution < 1.29 is 18.8 Å². The quantitative estimate of drug-likeness (QED) is 0.270. The molecule has 1 atom stereocenters. The molecule has 0 saturated carbocycles. The van der Waals surface area contributed by atoms with Crippen LogP contribution in [-0.4, -0.2) is 37.5 Å². The van der Waals surface area contributed by atoms with Gasteiger partial charge in [-0.1, -0.05) is 25.1 Å². The van der Waals surface area contributed by atoms with E-state index in [1.807, 2.05) is 45.0 Å². The van der Waals surface area contributed by atoms with Gasteiger partial charge >= 0.3 is 0 Å². The Kier molecular flexibility index (Phi) is 6.84. The van der Waals surface area contributed by atoms with Crippen LogP contribution in [0.3, 0.4) is 0 Å². The molecule has 36 heavy (non-hydrogen) atoms. The van der Waals surface area contributed by atoms with Crippen LogP contribution in [0.15, 0.2) is 53.3 Å². The summed E-state index contributed by atoms with van der Waals surface area (Å²) < 4.78 is 9.50. The summed E-state index contributed by atoms with van der Waals surface area (Å²) in [6.45, 7) is 5.77. The van der Waals surface area contributed by atoms with Gasteiger partial charge in [0.05, 0.1) is 18.5 Å². The zero-order valence-corrected chi connectivity index (χ0v) is 21.0. The summed E-state index contributed by atoms with van der Waals surface area (Å²) in [6, 6.07) is 9.88. The molecule has 4 aromatic rings. The van der Waals surface area contributed by atoms with Gasteiger partial charge in [-0.2, -0.15) is 4.37 Å². The van der Waals surface area contributed by atoms with Crippen LogP contribution >= 0.6 is 11.5 Å². The molecule has 0 bridgehead atoms. The molecule has 4 rings (SSSR count). The molecule has 6 N–H and O–H groups in total. The monoisotopic (exact) mass is 508 g/mol. The molecule has 1 aromatic carbocycles. The predicted molar refractivity (Wildman–Crippen MR) is 137 cm³/mol.